The SMILES string of the molecule is CCS(=O)(=O)N1CCC(C(=O)Nc2ccc(Br)cc2C)CC1. The molecule has 1 aliphatic heterocycles. The van der Waals surface area contributed by atoms with Crippen LogP contribution in [0.3, 0.4) is 0 Å². The molecule has 0 aliphatic carbocycles. The van der Waals surface area contributed by atoms with Crippen molar-refractivity contribution in [3.05, 3.63) is 28.2 Å². The van der Waals surface area contributed by atoms with Crippen LogP contribution in [0.5, 0.6) is 0 Å². The van der Waals surface area contributed by atoms with Gasteiger partial charge in [0.2, 0.25) is 15.9 Å². The van der Waals surface area contributed by atoms with Crippen LogP contribution in [0.4, 0.5) is 5.69 Å². The van der Waals surface area contributed by atoms with Gasteiger partial charge in [0.25, 0.3) is 0 Å². The molecule has 0 unspecified atom stereocenters. The third kappa shape index (κ3) is 4.08. The molecule has 1 saturated heterocycles. The second-order valence-electron chi connectivity index (χ2n) is 5.52. The van der Waals surface area contributed by atoms with Gasteiger partial charge < -0.3 is 5.32 Å². The summed E-state index contributed by atoms with van der Waals surface area (Å²) >= 11 is 3.40. The van der Waals surface area contributed by atoms with Crippen LogP contribution in [0.2, 0.25) is 0 Å². The van der Waals surface area contributed by atoms with Crippen LogP contribution >= 0.6 is 15.9 Å². The van der Waals surface area contributed by atoms with Gasteiger partial charge in [0.15, 0.2) is 0 Å². The quantitative estimate of drug-likeness (QED) is 0.861. The molecular weight excluding hydrogens is 368 g/mol. The molecule has 0 saturated carbocycles. The third-order valence-electron chi connectivity index (χ3n) is 4.03. The molecule has 2 rings (SSSR count). The zero-order valence-corrected chi connectivity index (χ0v) is 15.2. The van der Waals surface area contributed by atoms with E-state index in [-0.39, 0.29) is 17.6 Å². The number of hydrogen-bond donors (Lipinski definition) is 1. The maximum Gasteiger partial charge on any atom is 0.227 e. The summed E-state index contributed by atoms with van der Waals surface area (Å²) < 4.78 is 26.1. The van der Waals surface area contributed by atoms with E-state index in [0.29, 0.717) is 25.9 Å². The smallest absolute Gasteiger partial charge is 0.227 e. The van der Waals surface area contributed by atoms with Crippen LogP contribution < -0.4 is 5.32 Å². The van der Waals surface area contributed by atoms with E-state index in [0.717, 1.165) is 15.7 Å². The average Bonchev–Trinajstić information content (AvgIpc) is 2.50. The Hall–Kier alpha value is -0.920. The molecule has 22 heavy (non-hydrogen) atoms. The van der Waals surface area contributed by atoms with E-state index in [4.69, 9.17) is 0 Å². The van der Waals surface area contributed by atoms with Gasteiger partial charge >= 0.3 is 0 Å². The molecule has 1 N–H and O–H groups in total. The number of nitrogens with one attached hydrogen (secondary N) is 1. The van der Waals surface area contributed by atoms with Crippen LogP contribution in [0.25, 0.3) is 0 Å². The van der Waals surface area contributed by atoms with Crippen LogP contribution in [0.15, 0.2) is 22.7 Å². The van der Waals surface area contributed by atoms with Crippen LogP contribution in [0, 0.1) is 12.8 Å². The van der Waals surface area contributed by atoms with Gasteiger partial charge in [-0.1, -0.05) is 15.9 Å². The van der Waals surface area contributed by atoms with E-state index in [1.165, 1.54) is 4.31 Å². The highest BCUT2D eigenvalue weighted by Crippen LogP contribution is 2.24. The topological polar surface area (TPSA) is 66.5 Å². The first-order chi connectivity index (χ1) is 10.3. The van der Waals surface area contributed by atoms with Crippen molar-refractivity contribution < 1.29 is 13.2 Å². The summed E-state index contributed by atoms with van der Waals surface area (Å²) in [4.78, 5) is 12.3. The molecule has 0 atom stereocenters. The van der Waals surface area contributed by atoms with Gasteiger partial charge in [0.05, 0.1) is 5.75 Å². The zero-order valence-electron chi connectivity index (χ0n) is 12.8. The summed E-state index contributed by atoms with van der Waals surface area (Å²) in [6, 6.07) is 5.71. The van der Waals surface area contributed by atoms with Gasteiger partial charge in [-0.3, -0.25) is 4.79 Å². The molecule has 122 valence electrons. The van der Waals surface area contributed by atoms with Gasteiger partial charge in [-0.2, -0.15) is 0 Å². The number of aryl methyl sites for hydroxylation is 1. The molecule has 0 spiro atoms. The molecule has 1 heterocycles. The lowest BCUT2D eigenvalue weighted by Crippen LogP contribution is -2.42. The predicted molar refractivity (Wildman–Crippen MR) is 91.3 cm³/mol. The van der Waals surface area contributed by atoms with E-state index in [1.807, 2.05) is 25.1 Å². The number of hydrogen-bond acceptors (Lipinski definition) is 3. The Labute approximate surface area is 140 Å². The van der Waals surface area contributed by atoms with Crippen molar-refractivity contribution in [2.24, 2.45) is 5.92 Å². The fourth-order valence-electron chi connectivity index (χ4n) is 2.58. The summed E-state index contributed by atoms with van der Waals surface area (Å²) in [5.41, 5.74) is 1.80. The van der Waals surface area contributed by atoms with E-state index >= 15 is 0 Å². The van der Waals surface area contributed by atoms with Crippen molar-refractivity contribution in [2.75, 3.05) is 24.2 Å². The summed E-state index contributed by atoms with van der Waals surface area (Å²) in [7, 11) is -3.14. The number of piperidine rings is 1. The first kappa shape index (κ1) is 17.4. The highest BCUT2D eigenvalue weighted by Gasteiger charge is 2.30. The van der Waals surface area contributed by atoms with E-state index in [2.05, 4.69) is 21.2 Å². The average molecular weight is 389 g/mol. The molecule has 7 heteroatoms. The van der Waals surface area contributed by atoms with Crippen molar-refractivity contribution in [2.45, 2.75) is 26.7 Å². The van der Waals surface area contributed by atoms with Gasteiger partial charge in [0, 0.05) is 29.2 Å². The Kier molecular flexibility index (Phi) is 5.63. The molecule has 0 bridgehead atoms. The molecule has 0 radical (unpaired) electrons. The number of anilines is 1. The Morgan fingerprint density at radius 1 is 1.36 bits per heavy atom. The number of amides is 1. The highest BCUT2D eigenvalue weighted by molar-refractivity contribution is 9.10. The lowest BCUT2D eigenvalue weighted by molar-refractivity contribution is -0.120. The number of halogens is 1. The number of carbonyl (C=O) groups excluding carboxylic acids is 1. The number of nitrogens with zero attached hydrogens (tertiary/aromatic N) is 1. The minimum Gasteiger partial charge on any atom is -0.326 e. The first-order valence-corrected chi connectivity index (χ1v) is 9.78. The molecular formula is C15H21BrN2O3S. The van der Waals surface area contributed by atoms with Gasteiger partial charge in [-0.25, -0.2) is 12.7 Å². The van der Waals surface area contributed by atoms with Crippen molar-refractivity contribution in [1.29, 1.82) is 0 Å². The van der Waals surface area contributed by atoms with E-state index in [9.17, 15) is 13.2 Å². The molecule has 0 aromatic heterocycles. The van der Waals surface area contributed by atoms with Gasteiger partial charge in [-0.15, -0.1) is 0 Å². The fraction of sp³-hybridized carbons (Fsp3) is 0.533. The van der Waals surface area contributed by atoms with Crippen molar-refractivity contribution in [3.8, 4) is 0 Å². The highest BCUT2D eigenvalue weighted by atomic mass is 79.9. The van der Waals surface area contributed by atoms with Gasteiger partial charge in [-0.05, 0) is 50.5 Å². The fourth-order valence-corrected chi connectivity index (χ4v) is 4.19. The maximum absolute atomic E-state index is 12.3. The Morgan fingerprint density at radius 2 is 2.00 bits per heavy atom. The summed E-state index contributed by atoms with van der Waals surface area (Å²) in [5.74, 6) is -0.0487. The number of sulfonamides is 1. The number of benzene rings is 1. The Balaban J connectivity index is 1.95. The lowest BCUT2D eigenvalue weighted by Gasteiger charge is -2.30. The monoisotopic (exact) mass is 388 g/mol. The molecule has 5 nitrogen and oxygen atoms in total. The molecule has 1 aromatic carbocycles. The van der Waals surface area contributed by atoms with Gasteiger partial charge in [0.1, 0.15) is 0 Å². The van der Waals surface area contributed by atoms with E-state index < -0.39 is 10.0 Å². The van der Waals surface area contributed by atoms with Crippen LogP contribution in [-0.2, 0) is 14.8 Å². The zero-order chi connectivity index (χ0) is 16.3. The second kappa shape index (κ2) is 7.10. The number of rotatable bonds is 4. The van der Waals surface area contributed by atoms with Crippen molar-refractivity contribution >= 4 is 37.5 Å². The summed E-state index contributed by atoms with van der Waals surface area (Å²) in [6.45, 7) is 4.43. The standard InChI is InChI=1S/C15H21BrN2O3S/c1-3-22(20,21)18-8-6-12(7-9-18)15(19)17-14-5-4-13(16)10-11(14)2/h4-5,10,12H,3,6-9H2,1-2H3,(H,17,19). The van der Waals surface area contributed by atoms with Crippen molar-refractivity contribution in [3.63, 3.8) is 0 Å². The van der Waals surface area contributed by atoms with Crippen LogP contribution in [-0.4, -0.2) is 37.5 Å². The third-order valence-corrected chi connectivity index (χ3v) is 6.40. The Bertz CT molecular complexity index is 653. The minimum absolute atomic E-state index is 0.0287. The minimum atomic E-state index is -3.14. The molecule has 1 aliphatic rings. The maximum atomic E-state index is 12.3. The predicted octanol–water partition coefficient (Wildman–Crippen LogP) is 2.76. The first-order valence-electron chi connectivity index (χ1n) is 7.38. The normalized spacial score (nSPS) is 17.4. The summed E-state index contributed by atoms with van der Waals surface area (Å²) in [6.07, 6.45) is 1.14. The largest absolute Gasteiger partial charge is 0.326 e. The van der Waals surface area contributed by atoms with Crippen molar-refractivity contribution in [1.82, 2.24) is 4.31 Å². The summed E-state index contributed by atoms with van der Waals surface area (Å²) in [5, 5.41) is 2.95. The van der Waals surface area contributed by atoms with Crippen LogP contribution in [0.1, 0.15) is 25.3 Å². The molecule has 1 amide bonds. The molecule has 1 aromatic rings. The number of carbonyl (C=O) groups is 1. The second-order valence-corrected chi connectivity index (χ2v) is 8.70. The molecule has 1 fully saturated rings. The lowest BCUT2D eigenvalue weighted by atomic mass is 9.97. The van der Waals surface area contributed by atoms with E-state index in [1.54, 1.807) is 6.92 Å². The Morgan fingerprint density at radius 3 is 2.55 bits per heavy atom.